The summed E-state index contributed by atoms with van der Waals surface area (Å²) in [5.41, 5.74) is 6.21. The zero-order chi connectivity index (χ0) is 26.6. The average molecular weight is 525 g/mol. The lowest BCUT2D eigenvalue weighted by Gasteiger charge is -2.27. The molecular formula is C29H32O7S. The van der Waals surface area contributed by atoms with Gasteiger partial charge in [-0.3, -0.25) is 4.79 Å². The van der Waals surface area contributed by atoms with Crippen LogP contribution in [0.25, 0.3) is 11.1 Å². The fourth-order valence-corrected chi connectivity index (χ4v) is 5.20. The van der Waals surface area contributed by atoms with Crippen molar-refractivity contribution in [3.05, 3.63) is 76.9 Å². The van der Waals surface area contributed by atoms with Gasteiger partial charge < -0.3 is 19.3 Å². The Labute approximate surface area is 217 Å². The van der Waals surface area contributed by atoms with Crippen LogP contribution in [-0.2, 0) is 21.1 Å². The molecule has 1 heterocycles. The smallest absolute Gasteiger partial charge is 0.303 e. The van der Waals surface area contributed by atoms with Gasteiger partial charge in [0.15, 0.2) is 17.6 Å². The molecule has 1 aliphatic heterocycles. The molecular weight excluding hydrogens is 492 g/mol. The normalized spacial score (nSPS) is 14.8. The van der Waals surface area contributed by atoms with E-state index < -0.39 is 15.8 Å². The van der Waals surface area contributed by atoms with Crippen LogP contribution in [0.1, 0.15) is 41.2 Å². The molecule has 0 unspecified atom stereocenters. The first-order valence-corrected chi connectivity index (χ1v) is 14.3. The van der Waals surface area contributed by atoms with Crippen LogP contribution in [0.15, 0.2) is 54.6 Å². The minimum absolute atomic E-state index is 0.0736. The highest BCUT2D eigenvalue weighted by atomic mass is 32.2. The third-order valence-corrected chi connectivity index (χ3v) is 7.31. The van der Waals surface area contributed by atoms with Gasteiger partial charge in [-0.2, -0.15) is 0 Å². The van der Waals surface area contributed by atoms with Crippen molar-refractivity contribution in [2.45, 2.75) is 39.2 Å². The molecule has 8 heteroatoms. The van der Waals surface area contributed by atoms with Crippen LogP contribution in [-0.4, -0.2) is 44.7 Å². The Morgan fingerprint density at radius 2 is 1.81 bits per heavy atom. The van der Waals surface area contributed by atoms with Gasteiger partial charge >= 0.3 is 5.97 Å². The summed E-state index contributed by atoms with van der Waals surface area (Å²) < 4.78 is 40.7. The Hall–Kier alpha value is -3.52. The maximum atomic E-state index is 11.3. The zero-order valence-electron chi connectivity index (χ0n) is 21.3. The molecule has 1 atom stereocenters. The molecule has 0 fully saturated rings. The molecule has 0 radical (unpaired) electrons. The predicted octanol–water partition coefficient (Wildman–Crippen LogP) is 5.31. The van der Waals surface area contributed by atoms with Gasteiger partial charge in [0.2, 0.25) is 0 Å². The zero-order valence-corrected chi connectivity index (χ0v) is 22.1. The van der Waals surface area contributed by atoms with Crippen LogP contribution in [0.4, 0.5) is 0 Å². The van der Waals surface area contributed by atoms with E-state index in [9.17, 15) is 13.2 Å². The maximum Gasteiger partial charge on any atom is 0.303 e. The number of sulfone groups is 1. The summed E-state index contributed by atoms with van der Waals surface area (Å²) in [5, 5.41) is 8.91. The predicted molar refractivity (Wildman–Crippen MR) is 142 cm³/mol. The molecule has 37 heavy (non-hydrogen) atoms. The van der Waals surface area contributed by atoms with Gasteiger partial charge in [0.1, 0.15) is 22.2 Å². The van der Waals surface area contributed by atoms with Gasteiger partial charge in [-0.25, -0.2) is 8.42 Å². The Bertz CT molecular complexity index is 1370. The lowest BCUT2D eigenvalue weighted by Crippen LogP contribution is -2.21. The number of fused-ring (bicyclic) bond motifs is 1. The molecule has 3 aromatic carbocycles. The van der Waals surface area contributed by atoms with Crippen LogP contribution in [0.5, 0.6) is 17.2 Å². The Balaban J connectivity index is 1.47. The van der Waals surface area contributed by atoms with E-state index in [0.29, 0.717) is 37.6 Å². The van der Waals surface area contributed by atoms with Crippen molar-refractivity contribution in [2.75, 3.05) is 25.2 Å². The third-order valence-electron chi connectivity index (χ3n) is 6.28. The number of aryl methyl sites for hydroxylation is 3. The molecule has 196 valence electrons. The average Bonchev–Trinajstić information content (AvgIpc) is 2.84. The third kappa shape index (κ3) is 7.04. The van der Waals surface area contributed by atoms with Crippen molar-refractivity contribution in [3.8, 4) is 28.4 Å². The topological polar surface area (TPSA) is 99.1 Å². The maximum absolute atomic E-state index is 11.3. The van der Waals surface area contributed by atoms with E-state index in [2.05, 4.69) is 12.1 Å². The Morgan fingerprint density at radius 1 is 1.05 bits per heavy atom. The Morgan fingerprint density at radius 3 is 2.51 bits per heavy atom. The molecule has 4 rings (SSSR count). The molecule has 1 N–H and O–H groups in total. The molecule has 0 spiro atoms. The summed E-state index contributed by atoms with van der Waals surface area (Å²) in [7, 11) is -2.99. The van der Waals surface area contributed by atoms with Crippen molar-refractivity contribution < 1.29 is 32.5 Å². The number of hydrogen-bond acceptors (Lipinski definition) is 6. The largest absolute Gasteiger partial charge is 0.494 e. The van der Waals surface area contributed by atoms with Gasteiger partial charge in [-0.05, 0) is 90.4 Å². The fraction of sp³-hybridized carbons (Fsp3) is 0.345. The van der Waals surface area contributed by atoms with Crippen LogP contribution < -0.4 is 14.2 Å². The number of ether oxygens (including phenoxy) is 3. The van der Waals surface area contributed by atoms with E-state index in [1.54, 1.807) is 0 Å². The second-order valence-electron chi connectivity index (χ2n) is 9.48. The number of rotatable bonds is 10. The lowest BCUT2D eigenvalue weighted by atomic mass is 9.93. The number of hydrogen-bond donors (Lipinski definition) is 1. The van der Waals surface area contributed by atoms with E-state index >= 15 is 0 Å². The molecule has 0 aromatic heterocycles. The van der Waals surface area contributed by atoms with Crippen molar-refractivity contribution in [1.82, 2.24) is 0 Å². The number of carboxylic acids is 1. The molecule has 0 aliphatic carbocycles. The molecule has 0 amide bonds. The number of carboxylic acid groups (broad SMARTS) is 1. The van der Waals surface area contributed by atoms with Crippen LogP contribution in [0.2, 0.25) is 0 Å². The fourth-order valence-electron chi connectivity index (χ4n) is 4.55. The van der Waals surface area contributed by atoms with Gasteiger partial charge in [-0.15, -0.1) is 0 Å². The highest BCUT2D eigenvalue weighted by molar-refractivity contribution is 7.90. The monoisotopic (exact) mass is 524 g/mol. The summed E-state index contributed by atoms with van der Waals surface area (Å²) in [6.45, 7) is 4.78. The van der Waals surface area contributed by atoms with E-state index in [4.69, 9.17) is 19.3 Å². The first-order valence-electron chi connectivity index (χ1n) is 12.3. The van der Waals surface area contributed by atoms with Crippen LogP contribution in [0.3, 0.4) is 0 Å². The SMILES string of the molecule is Cc1cc(OCCCS(C)(=O)=O)cc(C)c1-c1cccc([C@H]2COc3cc(CCC(=O)O)ccc3O2)c1. The first kappa shape index (κ1) is 26.5. The highest BCUT2D eigenvalue weighted by Crippen LogP contribution is 2.39. The number of aliphatic carboxylic acids is 1. The van der Waals surface area contributed by atoms with Crippen LogP contribution in [0, 0.1) is 13.8 Å². The molecule has 0 saturated heterocycles. The highest BCUT2D eigenvalue weighted by Gasteiger charge is 2.23. The van der Waals surface area contributed by atoms with Gasteiger partial charge in [-0.1, -0.05) is 24.3 Å². The molecule has 0 saturated carbocycles. The summed E-state index contributed by atoms with van der Waals surface area (Å²) in [5.74, 6) is 1.29. The number of benzene rings is 3. The number of carbonyl (C=O) groups is 1. The first-order chi connectivity index (χ1) is 17.6. The van der Waals surface area contributed by atoms with E-state index in [0.717, 1.165) is 39.1 Å². The summed E-state index contributed by atoms with van der Waals surface area (Å²) in [4.78, 5) is 10.9. The standard InChI is InChI=1S/C29H32O7S/c1-19-14-24(34-12-5-13-37(3,32)33)15-20(2)29(19)23-7-4-6-22(17-23)27-18-35-26-16-21(9-11-28(30)31)8-10-25(26)36-27/h4,6-8,10,14-17,27H,5,9,11-13,18H2,1-3H3,(H,30,31)/t27-/m1/s1. The van der Waals surface area contributed by atoms with E-state index in [1.807, 2.05) is 56.3 Å². The van der Waals surface area contributed by atoms with Crippen molar-refractivity contribution in [1.29, 1.82) is 0 Å². The summed E-state index contributed by atoms with van der Waals surface area (Å²) in [6.07, 6.45) is 1.94. The summed E-state index contributed by atoms with van der Waals surface area (Å²) in [6, 6.07) is 17.7. The second kappa shape index (κ2) is 11.3. The van der Waals surface area contributed by atoms with Gasteiger partial charge in [0.25, 0.3) is 0 Å². The van der Waals surface area contributed by atoms with Crippen molar-refractivity contribution in [3.63, 3.8) is 0 Å². The molecule has 3 aromatic rings. The van der Waals surface area contributed by atoms with Crippen molar-refractivity contribution >= 4 is 15.8 Å². The van der Waals surface area contributed by atoms with E-state index in [1.165, 1.54) is 6.26 Å². The van der Waals surface area contributed by atoms with Gasteiger partial charge in [0.05, 0.1) is 12.4 Å². The van der Waals surface area contributed by atoms with Crippen molar-refractivity contribution in [2.24, 2.45) is 0 Å². The lowest BCUT2D eigenvalue weighted by molar-refractivity contribution is -0.136. The van der Waals surface area contributed by atoms with Crippen LogP contribution >= 0.6 is 0 Å². The minimum atomic E-state index is -2.99. The van der Waals surface area contributed by atoms with Gasteiger partial charge in [0, 0.05) is 12.7 Å². The quantitative estimate of drug-likeness (QED) is 0.359. The molecule has 7 nitrogen and oxygen atoms in total. The second-order valence-corrected chi connectivity index (χ2v) is 11.7. The summed E-state index contributed by atoms with van der Waals surface area (Å²) >= 11 is 0. The van der Waals surface area contributed by atoms with E-state index in [-0.39, 0.29) is 18.3 Å². The minimum Gasteiger partial charge on any atom is -0.494 e. The molecule has 0 bridgehead atoms. The Kier molecular flexibility index (Phi) is 8.07. The molecule has 1 aliphatic rings.